The Bertz CT molecular complexity index is 1120. The van der Waals surface area contributed by atoms with E-state index in [1.807, 2.05) is 30.5 Å². The van der Waals surface area contributed by atoms with Gasteiger partial charge in [-0.3, -0.25) is 9.78 Å². The summed E-state index contributed by atoms with van der Waals surface area (Å²) in [5, 5.41) is 0. The summed E-state index contributed by atoms with van der Waals surface area (Å²) in [7, 11) is 3.14. The van der Waals surface area contributed by atoms with Gasteiger partial charge in [-0.15, -0.1) is 0 Å². The predicted octanol–water partition coefficient (Wildman–Crippen LogP) is 3.65. The van der Waals surface area contributed by atoms with Crippen LogP contribution in [0.5, 0.6) is 17.2 Å². The smallest absolute Gasteiger partial charge is 0.174 e. The van der Waals surface area contributed by atoms with Gasteiger partial charge in [-0.1, -0.05) is 12.1 Å². The number of ketones is 1. The maximum atomic E-state index is 13.0. The van der Waals surface area contributed by atoms with E-state index in [0.29, 0.717) is 29.2 Å². The van der Waals surface area contributed by atoms with Crippen LogP contribution >= 0.6 is 0 Å². The number of fused-ring (bicyclic) bond motifs is 2. The van der Waals surface area contributed by atoms with Crippen LogP contribution in [0.15, 0.2) is 42.6 Å². The minimum atomic E-state index is -0.512. The van der Waals surface area contributed by atoms with Crippen molar-refractivity contribution in [2.75, 3.05) is 32.2 Å². The Morgan fingerprint density at radius 3 is 2.57 bits per heavy atom. The molecule has 0 unspecified atom stereocenters. The maximum absolute atomic E-state index is 13.0. The molecule has 0 saturated carbocycles. The lowest BCUT2D eigenvalue weighted by Gasteiger charge is -2.44. The molecule has 2 aliphatic heterocycles. The number of carbonyl (C=O) groups is 1. The summed E-state index contributed by atoms with van der Waals surface area (Å²) in [5.74, 6) is 2.55. The van der Waals surface area contributed by atoms with Crippen LogP contribution in [-0.2, 0) is 0 Å². The fourth-order valence-electron chi connectivity index (χ4n) is 4.37. The first kappa shape index (κ1) is 18.7. The fraction of sp³-hybridized carbons (Fsp3) is 0.348. The van der Waals surface area contributed by atoms with Crippen molar-refractivity contribution in [3.8, 4) is 17.2 Å². The Balaban J connectivity index is 1.38. The number of hydrogen-bond acceptors (Lipinski definition) is 7. The van der Waals surface area contributed by atoms with Gasteiger partial charge in [-0.05, 0) is 12.1 Å². The highest BCUT2D eigenvalue weighted by atomic mass is 16.5. The van der Waals surface area contributed by atoms with Gasteiger partial charge in [0.15, 0.2) is 5.78 Å². The molecule has 1 spiro atoms. The number of rotatable bonds is 3. The Morgan fingerprint density at radius 1 is 1.07 bits per heavy atom. The molecule has 0 amide bonds. The van der Waals surface area contributed by atoms with Gasteiger partial charge >= 0.3 is 0 Å². The summed E-state index contributed by atoms with van der Waals surface area (Å²) in [6, 6.07) is 11.3. The third-order valence-corrected chi connectivity index (χ3v) is 6.02. The summed E-state index contributed by atoms with van der Waals surface area (Å²) in [6.07, 6.45) is 3.62. The molecule has 3 aromatic rings. The lowest BCUT2D eigenvalue weighted by Crippen LogP contribution is -2.51. The van der Waals surface area contributed by atoms with Gasteiger partial charge in [-0.2, -0.15) is 0 Å². The van der Waals surface area contributed by atoms with Crippen LogP contribution in [0.3, 0.4) is 0 Å². The van der Waals surface area contributed by atoms with E-state index >= 15 is 0 Å². The van der Waals surface area contributed by atoms with Gasteiger partial charge < -0.3 is 19.1 Å². The van der Waals surface area contributed by atoms with Gasteiger partial charge in [0.1, 0.15) is 34.2 Å². The zero-order valence-corrected chi connectivity index (χ0v) is 17.1. The molecule has 2 aromatic carbocycles. The average molecular weight is 405 g/mol. The largest absolute Gasteiger partial charge is 0.496 e. The van der Waals surface area contributed by atoms with Gasteiger partial charge in [-0.25, -0.2) is 4.98 Å². The second-order valence-corrected chi connectivity index (χ2v) is 7.79. The second kappa shape index (κ2) is 7.16. The fourth-order valence-corrected chi connectivity index (χ4v) is 4.37. The first-order chi connectivity index (χ1) is 14.6. The highest BCUT2D eigenvalue weighted by Crippen LogP contribution is 2.45. The monoisotopic (exact) mass is 405 g/mol. The number of ether oxygens (including phenoxy) is 3. The van der Waals surface area contributed by atoms with Crippen molar-refractivity contribution >= 4 is 22.6 Å². The molecule has 154 valence electrons. The molecule has 1 fully saturated rings. The van der Waals surface area contributed by atoms with Crippen molar-refractivity contribution in [2.45, 2.75) is 24.9 Å². The van der Waals surface area contributed by atoms with Crippen LogP contribution in [0.1, 0.15) is 29.6 Å². The number of piperidine rings is 1. The minimum absolute atomic E-state index is 0.0506. The standard InChI is InChI=1S/C23H23N3O4/c1-28-15-11-19(29-2)22-18(27)13-23(30-20(22)12-15)7-9-26(10-8-23)21-14-24-16-5-3-4-6-17(16)25-21/h3-6,11-12,14H,7-10,13H2,1-2H3. The van der Waals surface area contributed by atoms with E-state index in [2.05, 4.69) is 9.88 Å². The third-order valence-electron chi connectivity index (χ3n) is 6.02. The van der Waals surface area contributed by atoms with E-state index in [1.54, 1.807) is 26.4 Å². The van der Waals surface area contributed by atoms with Crippen LogP contribution in [-0.4, -0.2) is 48.7 Å². The van der Waals surface area contributed by atoms with Crippen molar-refractivity contribution in [3.63, 3.8) is 0 Å². The van der Waals surface area contributed by atoms with Gasteiger partial charge in [0.05, 0.1) is 37.9 Å². The molecule has 0 bridgehead atoms. The molecular formula is C23H23N3O4. The number of methoxy groups -OCH3 is 2. The molecule has 30 heavy (non-hydrogen) atoms. The van der Waals surface area contributed by atoms with Crippen LogP contribution in [0, 0.1) is 0 Å². The minimum Gasteiger partial charge on any atom is -0.496 e. The van der Waals surface area contributed by atoms with Crippen LogP contribution in [0.4, 0.5) is 5.82 Å². The summed E-state index contributed by atoms with van der Waals surface area (Å²) < 4.78 is 17.2. The zero-order valence-electron chi connectivity index (χ0n) is 17.1. The number of hydrogen-bond donors (Lipinski definition) is 0. The molecule has 1 saturated heterocycles. The second-order valence-electron chi connectivity index (χ2n) is 7.79. The quantitative estimate of drug-likeness (QED) is 0.658. The average Bonchev–Trinajstić information content (AvgIpc) is 2.78. The number of carbonyl (C=O) groups excluding carboxylic acids is 1. The van der Waals surface area contributed by atoms with E-state index in [9.17, 15) is 4.79 Å². The van der Waals surface area contributed by atoms with Crippen LogP contribution in [0.2, 0.25) is 0 Å². The Kier molecular flexibility index (Phi) is 4.46. The molecule has 7 nitrogen and oxygen atoms in total. The Labute approximate surface area is 174 Å². The number of para-hydroxylation sites is 2. The molecule has 0 N–H and O–H groups in total. The summed E-state index contributed by atoms with van der Waals surface area (Å²) >= 11 is 0. The van der Waals surface area contributed by atoms with E-state index in [-0.39, 0.29) is 5.78 Å². The first-order valence-electron chi connectivity index (χ1n) is 10.1. The Morgan fingerprint density at radius 2 is 1.83 bits per heavy atom. The molecule has 3 heterocycles. The van der Waals surface area contributed by atoms with Crippen LogP contribution in [0.25, 0.3) is 11.0 Å². The van der Waals surface area contributed by atoms with Crippen molar-refractivity contribution in [1.82, 2.24) is 9.97 Å². The predicted molar refractivity (Wildman–Crippen MR) is 113 cm³/mol. The molecule has 7 heteroatoms. The van der Waals surface area contributed by atoms with Crippen molar-refractivity contribution in [2.24, 2.45) is 0 Å². The van der Waals surface area contributed by atoms with Gasteiger partial charge in [0.2, 0.25) is 0 Å². The highest BCUT2D eigenvalue weighted by Gasteiger charge is 2.44. The third kappa shape index (κ3) is 3.10. The number of benzene rings is 2. The number of Topliss-reactive ketones (excluding diaryl/α,β-unsaturated/α-hetero) is 1. The number of nitrogens with zero attached hydrogens (tertiary/aromatic N) is 3. The van der Waals surface area contributed by atoms with E-state index in [1.165, 1.54) is 0 Å². The van der Waals surface area contributed by atoms with Crippen LogP contribution < -0.4 is 19.1 Å². The van der Waals surface area contributed by atoms with Crippen molar-refractivity contribution in [1.29, 1.82) is 0 Å². The lowest BCUT2D eigenvalue weighted by atomic mass is 9.82. The maximum Gasteiger partial charge on any atom is 0.174 e. The summed E-state index contributed by atoms with van der Waals surface area (Å²) in [6.45, 7) is 1.49. The highest BCUT2D eigenvalue weighted by molar-refractivity contribution is 6.03. The topological polar surface area (TPSA) is 73.8 Å². The SMILES string of the molecule is COc1cc(OC)c2c(c1)OC1(CCN(c3cnc4ccccc4n3)CC1)CC2=O. The van der Waals surface area contributed by atoms with Crippen molar-refractivity contribution < 1.29 is 19.0 Å². The summed E-state index contributed by atoms with van der Waals surface area (Å²) in [5.41, 5.74) is 1.76. The summed E-state index contributed by atoms with van der Waals surface area (Å²) in [4.78, 5) is 24.5. The lowest BCUT2D eigenvalue weighted by molar-refractivity contribution is 0.0225. The van der Waals surface area contributed by atoms with E-state index in [4.69, 9.17) is 19.2 Å². The van der Waals surface area contributed by atoms with Gasteiger partial charge in [0.25, 0.3) is 0 Å². The van der Waals surface area contributed by atoms with Crippen molar-refractivity contribution in [3.05, 3.63) is 48.2 Å². The molecule has 0 atom stereocenters. The first-order valence-corrected chi connectivity index (χ1v) is 10.1. The molecular weight excluding hydrogens is 382 g/mol. The normalized spacial score (nSPS) is 17.5. The Hall–Kier alpha value is -3.35. The van der Waals surface area contributed by atoms with Gasteiger partial charge in [0, 0.05) is 38.1 Å². The molecule has 0 radical (unpaired) electrons. The van der Waals surface area contributed by atoms with E-state index in [0.717, 1.165) is 42.8 Å². The number of aromatic nitrogens is 2. The molecule has 1 aromatic heterocycles. The molecule has 0 aliphatic carbocycles. The molecule has 5 rings (SSSR count). The van der Waals surface area contributed by atoms with E-state index < -0.39 is 5.60 Å². The zero-order chi connectivity index (χ0) is 20.7. The number of anilines is 1. The molecule has 2 aliphatic rings.